The van der Waals surface area contributed by atoms with Crippen molar-refractivity contribution in [1.29, 1.82) is 0 Å². The third-order valence-corrected chi connectivity index (χ3v) is 2.60. The summed E-state index contributed by atoms with van der Waals surface area (Å²) in [5, 5.41) is 9.33. The van der Waals surface area contributed by atoms with Crippen molar-refractivity contribution >= 4 is 17.3 Å². The first-order valence-corrected chi connectivity index (χ1v) is 5.64. The van der Waals surface area contributed by atoms with Crippen LogP contribution in [0, 0.1) is 0 Å². The van der Waals surface area contributed by atoms with E-state index in [2.05, 4.69) is 16.0 Å². The summed E-state index contributed by atoms with van der Waals surface area (Å²) >= 11 is 0. The van der Waals surface area contributed by atoms with E-state index in [1.54, 1.807) is 0 Å². The number of rotatable bonds is 5. The predicted octanol–water partition coefficient (Wildman–Crippen LogP) is 0.655. The lowest BCUT2D eigenvalue weighted by Gasteiger charge is -2.29. The molecule has 0 unspecified atom stereocenters. The molecule has 17 heavy (non-hydrogen) atoms. The van der Waals surface area contributed by atoms with E-state index in [1.165, 1.54) is 7.11 Å². The second-order valence-electron chi connectivity index (χ2n) is 4.06. The van der Waals surface area contributed by atoms with Gasteiger partial charge in [0.15, 0.2) is 0 Å². The van der Waals surface area contributed by atoms with Crippen LogP contribution in [-0.2, 0) is 9.53 Å². The summed E-state index contributed by atoms with van der Waals surface area (Å²) in [4.78, 5) is 11.3. The molecule has 1 aliphatic heterocycles. The number of methoxy groups -OCH3 is 1. The number of carbonyl (C=O) groups is 1. The van der Waals surface area contributed by atoms with Crippen LogP contribution in [0.15, 0.2) is 24.3 Å². The molecule has 0 atom stereocenters. The predicted molar refractivity (Wildman–Crippen MR) is 67.2 cm³/mol. The van der Waals surface area contributed by atoms with Gasteiger partial charge in [0.25, 0.3) is 0 Å². The van der Waals surface area contributed by atoms with Crippen LogP contribution in [0.25, 0.3) is 0 Å². The Labute approximate surface area is 101 Å². The highest BCUT2D eigenvalue weighted by Gasteiger charge is 2.15. The standard InChI is InChI=1S/C12H17N3O2/c1-17-8-12(16)15-10-4-2-9(3-5-10)14-11-6-13-7-11/h2-5,11,13-14H,6-8H2,1H3,(H,15,16). The van der Waals surface area contributed by atoms with Gasteiger partial charge in [0, 0.05) is 31.6 Å². The van der Waals surface area contributed by atoms with Crippen LogP contribution < -0.4 is 16.0 Å². The maximum absolute atomic E-state index is 11.3. The van der Waals surface area contributed by atoms with Gasteiger partial charge in [0.1, 0.15) is 6.61 Å². The van der Waals surface area contributed by atoms with E-state index in [0.29, 0.717) is 6.04 Å². The van der Waals surface area contributed by atoms with Crippen LogP contribution in [0.4, 0.5) is 11.4 Å². The molecule has 1 aromatic carbocycles. The summed E-state index contributed by atoms with van der Waals surface area (Å²) in [6.45, 7) is 2.09. The first kappa shape index (κ1) is 11.9. The summed E-state index contributed by atoms with van der Waals surface area (Å²) in [5.74, 6) is -0.142. The first-order chi connectivity index (χ1) is 8.28. The number of hydrogen-bond donors (Lipinski definition) is 3. The Bertz CT molecular complexity index is 374. The van der Waals surface area contributed by atoms with E-state index in [0.717, 1.165) is 24.5 Å². The van der Waals surface area contributed by atoms with Gasteiger partial charge in [-0.1, -0.05) is 0 Å². The van der Waals surface area contributed by atoms with Crippen molar-refractivity contribution in [2.24, 2.45) is 0 Å². The maximum atomic E-state index is 11.3. The summed E-state index contributed by atoms with van der Waals surface area (Å²) in [5.41, 5.74) is 1.85. The minimum atomic E-state index is -0.142. The van der Waals surface area contributed by atoms with E-state index in [9.17, 15) is 4.79 Å². The van der Waals surface area contributed by atoms with Crippen molar-refractivity contribution < 1.29 is 9.53 Å². The first-order valence-electron chi connectivity index (χ1n) is 5.64. The third-order valence-electron chi connectivity index (χ3n) is 2.60. The van der Waals surface area contributed by atoms with Crippen molar-refractivity contribution in [1.82, 2.24) is 5.32 Å². The summed E-state index contributed by atoms with van der Waals surface area (Å²) < 4.78 is 4.74. The zero-order valence-corrected chi connectivity index (χ0v) is 9.82. The lowest BCUT2D eigenvalue weighted by Crippen LogP contribution is -2.51. The van der Waals surface area contributed by atoms with Gasteiger partial charge in [-0.05, 0) is 24.3 Å². The van der Waals surface area contributed by atoms with E-state index in [4.69, 9.17) is 4.74 Å². The fourth-order valence-electron chi connectivity index (χ4n) is 1.60. The van der Waals surface area contributed by atoms with Gasteiger partial charge >= 0.3 is 0 Å². The van der Waals surface area contributed by atoms with Gasteiger partial charge in [-0.25, -0.2) is 0 Å². The van der Waals surface area contributed by atoms with Gasteiger partial charge in [-0.15, -0.1) is 0 Å². The zero-order valence-electron chi connectivity index (χ0n) is 9.82. The topological polar surface area (TPSA) is 62.4 Å². The number of carbonyl (C=O) groups excluding carboxylic acids is 1. The molecular weight excluding hydrogens is 218 g/mol. The molecule has 0 bridgehead atoms. The quantitative estimate of drug-likeness (QED) is 0.701. The molecule has 2 rings (SSSR count). The van der Waals surface area contributed by atoms with Crippen molar-refractivity contribution in [3.05, 3.63) is 24.3 Å². The molecule has 1 fully saturated rings. The van der Waals surface area contributed by atoms with E-state index in [-0.39, 0.29) is 12.5 Å². The van der Waals surface area contributed by atoms with Crippen LogP contribution in [0.5, 0.6) is 0 Å². The monoisotopic (exact) mass is 235 g/mol. The summed E-state index contributed by atoms with van der Waals surface area (Å²) in [7, 11) is 1.50. The molecule has 5 heteroatoms. The second kappa shape index (κ2) is 5.65. The smallest absolute Gasteiger partial charge is 0.250 e. The minimum Gasteiger partial charge on any atom is -0.380 e. The SMILES string of the molecule is COCC(=O)Nc1ccc(NC2CNC2)cc1. The molecule has 1 aliphatic rings. The van der Waals surface area contributed by atoms with Crippen molar-refractivity contribution in [3.8, 4) is 0 Å². The van der Waals surface area contributed by atoms with Crippen LogP contribution in [0.3, 0.4) is 0 Å². The van der Waals surface area contributed by atoms with E-state index in [1.807, 2.05) is 24.3 Å². The van der Waals surface area contributed by atoms with Gasteiger partial charge < -0.3 is 20.7 Å². The molecule has 0 radical (unpaired) electrons. The number of ether oxygens (including phenoxy) is 1. The number of nitrogens with one attached hydrogen (secondary N) is 3. The molecule has 1 amide bonds. The molecule has 1 saturated heterocycles. The lowest BCUT2D eigenvalue weighted by atomic mass is 10.1. The number of hydrogen-bond acceptors (Lipinski definition) is 4. The molecule has 0 aromatic heterocycles. The van der Waals surface area contributed by atoms with Crippen LogP contribution >= 0.6 is 0 Å². The molecule has 1 heterocycles. The number of benzene rings is 1. The third kappa shape index (κ3) is 3.44. The molecule has 0 aliphatic carbocycles. The Kier molecular flexibility index (Phi) is 3.95. The molecule has 5 nitrogen and oxygen atoms in total. The maximum Gasteiger partial charge on any atom is 0.250 e. The average Bonchev–Trinajstić information content (AvgIpc) is 2.26. The Hall–Kier alpha value is -1.59. The van der Waals surface area contributed by atoms with Crippen molar-refractivity contribution in [2.75, 3.05) is 37.4 Å². The number of anilines is 2. The largest absolute Gasteiger partial charge is 0.380 e. The van der Waals surface area contributed by atoms with Crippen molar-refractivity contribution in [2.45, 2.75) is 6.04 Å². The summed E-state index contributed by atoms with van der Waals surface area (Å²) in [6, 6.07) is 8.19. The van der Waals surface area contributed by atoms with Crippen LogP contribution in [0.1, 0.15) is 0 Å². The molecule has 0 saturated carbocycles. The zero-order chi connectivity index (χ0) is 12.1. The fourth-order valence-corrected chi connectivity index (χ4v) is 1.60. The second-order valence-corrected chi connectivity index (χ2v) is 4.06. The minimum absolute atomic E-state index is 0.0771. The van der Waals surface area contributed by atoms with Crippen molar-refractivity contribution in [3.63, 3.8) is 0 Å². The highest BCUT2D eigenvalue weighted by atomic mass is 16.5. The van der Waals surface area contributed by atoms with Gasteiger partial charge in [-0.3, -0.25) is 4.79 Å². The lowest BCUT2D eigenvalue weighted by molar-refractivity contribution is -0.119. The fraction of sp³-hybridized carbons (Fsp3) is 0.417. The van der Waals surface area contributed by atoms with Gasteiger partial charge in [0.05, 0.1) is 6.04 Å². The van der Waals surface area contributed by atoms with Gasteiger partial charge in [-0.2, -0.15) is 0 Å². The Balaban J connectivity index is 1.86. The number of amides is 1. The van der Waals surface area contributed by atoms with Crippen LogP contribution in [-0.4, -0.2) is 38.8 Å². The highest BCUT2D eigenvalue weighted by molar-refractivity contribution is 5.91. The molecule has 1 aromatic rings. The molecule has 3 N–H and O–H groups in total. The van der Waals surface area contributed by atoms with Crippen LogP contribution in [0.2, 0.25) is 0 Å². The van der Waals surface area contributed by atoms with E-state index < -0.39 is 0 Å². The Morgan fingerprint density at radius 2 is 2.00 bits per heavy atom. The Morgan fingerprint density at radius 1 is 1.35 bits per heavy atom. The molecular formula is C12H17N3O2. The Morgan fingerprint density at radius 3 is 2.53 bits per heavy atom. The van der Waals surface area contributed by atoms with E-state index >= 15 is 0 Å². The molecule has 0 spiro atoms. The summed E-state index contributed by atoms with van der Waals surface area (Å²) in [6.07, 6.45) is 0. The van der Waals surface area contributed by atoms with Gasteiger partial charge in [0.2, 0.25) is 5.91 Å². The molecule has 92 valence electrons. The highest BCUT2D eigenvalue weighted by Crippen LogP contribution is 2.15. The average molecular weight is 235 g/mol. The normalized spacial score (nSPS) is 15.1.